The van der Waals surface area contributed by atoms with E-state index in [-0.39, 0.29) is 0 Å². The van der Waals surface area contributed by atoms with Gasteiger partial charge in [0.25, 0.3) is 0 Å². The molecule has 1 aliphatic rings. The molecular weight excluding hydrogens is 224 g/mol. The van der Waals surface area contributed by atoms with Crippen LogP contribution in [0, 0.1) is 29.1 Å². The Labute approximate surface area is 108 Å². The molecule has 0 aromatic rings. The van der Waals surface area contributed by atoms with E-state index < -0.39 is 5.41 Å². The standard InChI is InChI=1S/C16H16O2/c1-16(2,13-18)11-5-9-14-7-3-4-8-15(14)10-6-12-17/h8-9,12-13H,3-4,7H2,1-2H3/b14-9-. The zero-order valence-corrected chi connectivity index (χ0v) is 10.7. The number of hydrogen-bond donors (Lipinski definition) is 0. The lowest BCUT2D eigenvalue weighted by Crippen LogP contribution is -2.08. The van der Waals surface area contributed by atoms with Gasteiger partial charge in [0, 0.05) is 5.57 Å². The van der Waals surface area contributed by atoms with E-state index in [4.69, 9.17) is 0 Å². The molecule has 18 heavy (non-hydrogen) atoms. The van der Waals surface area contributed by atoms with E-state index in [1.165, 1.54) is 0 Å². The third-order valence-electron chi connectivity index (χ3n) is 2.55. The van der Waals surface area contributed by atoms with E-state index in [1.54, 1.807) is 19.9 Å². The van der Waals surface area contributed by atoms with Gasteiger partial charge in [-0.15, -0.1) is 0 Å². The van der Waals surface area contributed by atoms with Crippen molar-refractivity contribution in [2.75, 3.05) is 0 Å². The first-order valence-corrected chi connectivity index (χ1v) is 5.93. The van der Waals surface area contributed by atoms with Gasteiger partial charge in [-0.1, -0.05) is 23.8 Å². The molecule has 0 saturated carbocycles. The Morgan fingerprint density at radius 3 is 2.72 bits per heavy atom. The van der Waals surface area contributed by atoms with Crippen molar-refractivity contribution in [3.05, 3.63) is 23.3 Å². The molecule has 0 saturated heterocycles. The van der Waals surface area contributed by atoms with Gasteiger partial charge < -0.3 is 4.79 Å². The molecule has 1 aliphatic carbocycles. The van der Waals surface area contributed by atoms with Crippen LogP contribution in [0.1, 0.15) is 33.1 Å². The van der Waals surface area contributed by atoms with Gasteiger partial charge in [0.2, 0.25) is 0 Å². The fourth-order valence-electron chi connectivity index (χ4n) is 1.53. The van der Waals surface area contributed by atoms with Crippen LogP contribution in [0.3, 0.4) is 0 Å². The van der Waals surface area contributed by atoms with E-state index in [2.05, 4.69) is 23.7 Å². The first-order chi connectivity index (χ1) is 8.59. The van der Waals surface area contributed by atoms with Crippen molar-refractivity contribution < 1.29 is 9.59 Å². The Morgan fingerprint density at radius 2 is 2.06 bits per heavy atom. The molecule has 0 spiro atoms. The first-order valence-electron chi connectivity index (χ1n) is 5.93. The van der Waals surface area contributed by atoms with Crippen LogP contribution in [0.2, 0.25) is 0 Å². The fourth-order valence-corrected chi connectivity index (χ4v) is 1.53. The Hall–Kier alpha value is -2.06. The summed E-state index contributed by atoms with van der Waals surface area (Å²) in [6.07, 6.45) is 8.21. The number of hydrogen-bond acceptors (Lipinski definition) is 2. The summed E-state index contributed by atoms with van der Waals surface area (Å²) in [6, 6.07) is 0. The van der Waals surface area contributed by atoms with Crippen LogP contribution in [0.15, 0.2) is 23.3 Å². The maximum Gasteiger partial charge on any atom is 0.193 e. The second-order valence-electron chi connectivity index (χ2n) is 4.68. The minimum absolute atomic E-state index is 0.592. The van der Waals surface area contributed by atoms with E-state index in [9.17, 15) is 9.59 Å². The molecule has 92 valence electrons. The molecule has 2 nitrogen and oxygen atoms in total. The molecule has 0 heterocycles. The highest BCUT2D eigenvalue weighted by atomic mass is 16.1. The highest BCUT2D eigenvalue weighted by Crippen LogP contribution is 2.23. The number of carbonyl (C=O) groups excluding carboxylic acids is 2. The third kappa shape index (κ3) is 4.44. The molecule has 0 N–H and O–H groups in total. The Balaban J connectivity index is 2.93. The lowest BCUT2D eigenvalue weighted by molar-refractivity contribution is -0.112. The first kappa shape index (κ1) is 14.0. The summed E-state index contributed by atoms with van der Waals surface area (Å²) in [7, 11) is 0. The Morgan fingerprint density at radius 1 is 1.28 bits per heavy atom. The van der Waals surface area contributed by atoms with Crippen molar-refractivity contribution in [3.8, 4) is 23.7 Å². The molecule has 0 bridgehead atoms. The molecule has 0 aromatic heterocycles. The van der Waals surface area contributed by atoms with E-state index in [1.807, 2.05) is 6.08 Å². The normalized spacial score (nSPS) is 16.8. The lowest BCUT2D eigenvalue weighted by Gasteiger charge is -2.11. The van der Waals surface area contributed by atoms with E-state index >= 15 is 0 Å². The second-order valence-corrected chi connectivity index (χ2v) is 4.68. The van der Waals surface area contributed by atoms with Crippen molar-refractivity contribution in [2.45, 2.75) is 33.1 Å². The third-order valence-corrected chi connectivity index (χ3v) is 2.55. The highest BCUT2D eigenvalue weighted by molar-refractivity contribution is 5.74. The fraction of sp³-hybridized carbons (Fsp3) is 0.375. The van der Waals surface area contributed by atoms with Gasteiger partial charge in [0.15, 0.2) is 6.29 Å². The molecule has 0 unspecified atom stereocenters. The molecule has 2 heteroatoms. The average Bonchev–Trinajstić information content (AvgIpc) is 2.37. The minimum atomic E-state index is -0.621. The van der Waals surface area contributed by atoms with Crippen molar-refractivity contribution in [1.82, 2.24) is 0 Å². The predicted octanol–water partition coefficient (Wildman–Crippen LogP) is 2.45. The summed E-state index contributed by atoms with van der Waals surface area (Å²) in [4.78, 5) is 21.0. The Bertz CT molecular complexity index is 511. The molecule has 0 atom stereocenters. The molecule has 0 aliphatic heterocycles. The zero-order valence-electron chi connectivity index (χ0n) is 10.7. The van der Waals surface area contributed by atoms with Gasteiger partial charge in [0.05, 0.1) is 5.41 Å². The maximum atomic E-state index is 10.7. The summed E-state index contributed by atoms with van der Waals surface area (Å²) in [6.45, 7) is 3.55. The summed E-state index contributed by atoms with van der Waals surface area (Å²) in [5.74, 6) is 11.0. The van der Waals surface area contributed by atoms with Gasteiger partial charge in [-0.05, 0) is 50.7 Å². The number of aldehydes is 2. The van der Waals surface area contributed by atoms with Gasteiger partial charge in [0.1, 0.15) is 6.29 Å². The predicted molar refractivity (Wildman–Crippen MR) is 71.5 cm³/mol. The largest absolute Gasteiger partial charge is 0.302 e. The van der Waals surface area contributed by atoms with Crippen LogP contribution in [0.5, 0.6) is 0 Å². The van der Waals surface area contributed by atoms with Crippen LogP contribution in [0.4, 0.5) is 0 Å². The van der Waals surface area contributed by atoms with E-state index in [0.717, 1.165) is 36.7 Å². The molecule has 0 amide bonds. The minimum Gasteiger partial charge on any atom is -0.302 e. The number of rotatable bonds is 1. The van der Waals surface area contributed by atoms with Gasteiger partial charge in [-0.25, -0.2) is 0 Å². The highest BCUT2D eigenvalue weighted by Gasteiger charge is 2.11. The monoisotopic (exact) mass is 240 g/mol. The number of carbonyl (C=O) groups is 2. The second kappa shape index (κ2) is 6.62. The van der Waals surface area contributed by atoms with Crippen molar-refractivity contribution in [3.63, 3.8) is 0 Å². The van der Waals surface area contributed by atoms with Crippen molar-refractivity contribution in [1.29, 1.82) is 0 Å². The average molecular weight is 240 g/mol. The van der Waals surface area contributed by atoms with Crippen LogP contribution < -0.4 is 0 Å². The Kier molecular flexibility index (Phi) is 5.15. The van der Waals surface area contributed by atoms with Gasteiger partial charge in [-0.2, -0.15) is 0 Å². The molecule has 0 fully saturated rings. The van der Waals surface area contributed by atoms with Crippen molar-refractivity contribution in [2.24, 2.45) is 5.41 Å². The van der Waals surface area contributed by atoms with Gasteiger partial charge >= 0.3 is 0 Å². The molecule has 1 rings (SSSR count). The smallest absolute Gasteiger partial charge is 0.193 e. The summed E-state index contributed by atoms with van der Waals surface area (Å²) in [5, 5.41) is 0. The summed E-state index contributed by atoms with van der Waals surface area (Å²) < 4.78 is 0. The zero-order chi connectivity index (χ0) is 13.4. The summed E-state index contributed by atoms with van der Waals surface area (Å²) >= 11 is 0. The topological polar surface area (TPSA) is 34.1 Å². The molecule has 0 radical (unpaired) electrons. The van der Waals surface area contributed by atoms with Gasteiger partial charge in [-0.3, -0.25) is 4.79 Å². The van der Waals surface area contributed by atoms with Crippen LogP contribution in [0.25, 0.3) is 0 Å². The SMILES string of the molecule is CC(C)(C#C/C=C1/CCCC=C1C#CC=O)C=O. The summed E-state index contributed by atoms with van der Waals surface area (Å²) in [5.41, 5.74) is 1.31. The lowest BCUT2D eigenvalue weighted by atomic mass is 9.93. The quantitative estimate of drug-likeness (QED) is 0.521. The maximum absolute atomic E-state index is 10.7. The van der Waals surface area contributed by atoms with Crippen molar-refractivity contribution >= 4 is 12.6 Å². The number of allylic oxidation sites excluding steroid dienone is 4. The molecular formula is C16H16O2. The molecule has 0 aromatic carbocycles. The van der Waals surface area contributed by atoms with Crippen LogP contribution in [-0.4, -0.2) is 12.6 Å². The van der Waals surface area contributed by atoms with Crippen LogP contribution >= 0.6 is 0 Å². The van der Waals surface area contributed by atoms with E-state index in [0.29, 0.717) is 6.29 Å². The van der Waals surface area contributed by atoms with Crippen LogP contribution in [-0.2, 0) is 9.59 Å².